The van der Waals surface area contributed by atoms with Crippen molar-refractivity contribution in [2.45, 2.75) is 44.2 Å². The van der Waals surface area contributed by atoms with E-state index in [-0.39, 0.29) is 35.8 Å². The maximum absolute atomic E-state index is 11.9. The van der Waals surface area contributed by atoms with Crippen LogP contribution in [-0.4, -0.2) is 54.5 Å². The number of amides is 2. The average molecular weight is 299 g/mol. The van der Waals surface area contributed by atoms with Crippen molar-refractivity contribution in [3.63, 3.8) is 0 Å². The van der Waals surface area contributed by atoms with Gasteiger partial charge in [-0.2, -0.15) is 5.10 Å². The molecule has 2 fully saturated rings. The Morgan fingerprint density at radius 3 is 2.60 bits per heavy atom. The van der Waals surface area contributed by atoms with Crippen molar-refractivity contribution < 1.29 is 18.0 Å². The molecule has 110 valence electrons. The van der Waals surface area contributed by atoms with E-state index in [0.717, 1.165) is 12.8 Å². The van der Waals surface area contributed by atoms with E-state index in [1.54, 1.807) is 0 Å². The number of sulfone groups is 1. The Morgan fingerprint density at radius 2 is 2.00 bits per heavy atom. The van der Waals surface area contributed by atoms with E-state index in [9.17, 15) is 18.0 Å². The van der Waals surface area contributed by atoms with Crippen LogP contribution in [0, 0.1) is 0 Å². The SMILES string of the molecule is O=C(NC1CC1)C1=NN(C2CCS(=O)(=O)C2)C(=O)CC1. The van der Waals surface area contributed by atoms with Crippen LogP contribution in [0.25, 0.3) is 0 Å². The van der Waals surface area contributed by atoms with Gasteiger partial charge in [0.2, 0.25) is 5.91 Å². The van der Waals surface area contributed by atoms with Gasteiger partial charge in [-0.05, 0) is 19.3 Å². The minimum atomic E-state index is -3.08. The predicted molar refractivity (Wildman–Crippen MR) is 71.7 cm³/mol. The highest BCUT2D eigenvalue weighted by Crippen LogP contribution is 2.23. The maximum atomic E-state index is 11.9. The van der Waals surface area contributed by atoms with Gasteiger partial charge < -0.3 is 5.32 Å². The lowest BCUT2D eigenvalue weighted by atomic mass is 10.1. The largest absolute Gasteiger partial charge is 0.348 e. The molecule has 1 atom stereocenters. The van der Waals surface area contributed by atoms with Gasteiger partial charge in [0.05, 0.1) is 17.5 Å². The summed E-state index contributed by atoms with van der Waals surface area (Å²) in [4.78, 5) is 23.8. The van der Waals surface area contributed by atoms with Crippen LogP contribution in [-0.2, 0) is 19.4 Å². The number of hydrogen-bond acceptors (Lipinski definition) is 5. The van der Waals surface area contributed by atoms with Gasteiger partial charge >= 0.3 is 0 Å². The quantitative estimate of drug-likeness (QED) is 0.755. The standard InChI is InChI=1S/C12H17N3O4S/c16-11-4-3-10(12(17)13-8-1-2-8)14-15(11)9-5-6-20(18,19)7-9/h8-9H,1-7H2,(H,13,17). The zero-order chi connectivity index (χ0) is 14.3. The maximum Gasteiger partial charge on any atom is 0.267 e. The van der Waals surface area contributed by atoms with E-state index in [1.807, 2.05) is 0 Å². The van der Waals surface area contributed by atoms with Crippen molar-refractivity contribution >= 4 is 27.4 Å². The van der Waals surface area contributed by atoms with Gasteiger partial charge in [-0.25, -0.2) is 13.4 Å². The molecule has 0 bridgehead atoms. The first kappa shape index (κ1) is 13.5. The van der Waals surface area contributed by atoms with Crippen LogP contribution in [0.4, 0.5) is 0 Å². The van der Waals surface area contributed by atoms with Gasteiger partial charge in [0, 0.05) is 18.9 Å². The molecule has 0 aromatic heterocycles. The van der Waals surface area contributed by atoms with Gasteiger partial charge in [-0.15, -0.1) is 0 Å². The first-order chi connectivity index (χ1) is 9.44. The average Bonchev–Trinajstić information content (AvgIpc) is 3.12. The van der Waals surface area contributed by atoms with Crippen molar-refractivity contribution in [1.29, 1.82) is 0 Å². The summed E-state index contributed by atoms with van der Waals surface area (Å²) in [6, 6.07) is -0.181. The van der Waals surface area contributed by atoms with E-state index in [0.29, 0.717) is 18.6 Å². The second-order valence-electron chi connectivity index (χ2n) is 5.59. The minimum absolute atomic E-state index is 0.0558. The normalized spacial score (nSPS) is 29.2. The molecule has 7 nitrogen and oxygen atoms in total. The molecule has 1 saturated carbocycles. The second kappa shape index (κ2) is 4.83. The Labute approximate surface area is 117 Å². The molecule has 1 saturated heterocycles. The Balaban J connectivity index is 1.74. The fraction of sp³-hybridized carbons (Fsp3) is 0.750. The van der Waals surface area contributed by atoms with Crippen molar-refractivity contribution in [2.24, 2.45) is 5.10 Å². The molecular formula is C12H17N3O4S. The number of carbonyl (C=O) groups excluding carboxylic acids is 2. The van der Waals surface area contributed by atoms with Crippen LogP contribution in [0.15, 0.2) is 5.10 Å². The third-order valence-corrected chi connectivity index (χ3v) is 5.54. The predicted octanol–water partition coefficient (Wildman–Crippen LogP) is -0.570. The van der Waals surface area contributed by atoms with Crippen molar-refractivity contribution in [3.05, 3.63) is 0 Å². The molecule has 2 heterocycles. The Bertz CT molecular complexity index is 580. The molecule has 3 rings (SSSR count). The van der Waals surface area contributed by atoms with Gasteiger partial charge in [-0.3, -0.25) is 9.59 Å². The highest BCUT2D eigenvalue weighted by atomic mass is 32.2. The molecule has 1 N–H and O–H groups in total. The van der Waals surface area contributed by atoms with Gasteiger partial charge in [0.1, 0.15) is 5.71 Å². The van der Waals surface area contributed by atoms with Crippen LogP contribution in [0.3, 0.4) is 0 Å². The molecule has 1 aliphatic carbocycles. The lowest BCUT2D eigenvalue weighted by molar-refractivity contribution is -0.133. The molecule has 0 spiro atoms. The van der Waals surface area contributed by atoms with Crippen molar-refractivity contribution in [1.82, 2.24) is 10.3 Å². The zero-order valence-electron chi connectivity index (χ0n) is 11.0. The summed E-state index contributed by atoms with van der Waals surface area (Å²) in [6.45, 7) is 0. The smallest absolute Gasteiger partial charge is 0.267 e. The fourth-order valence-corrected chi connectivity index (χ4v) is 4.18. The summed E-state index contributed by atoms with van der Waals surface area (Å²) in [6.07, 6.45) is 2.92. The number of hydrazone groups is 1. The summed E-state index contributed by atoms with van der Waals surface area (Å²) in [5.41, 5.74) is 0.334. The summed E-state index contributed by atoms with van der Waals surface area (Å²) in [7, 11) is -3.08. The van der Waals surface area contributed by atoms with Gasteiger partial charge in [-0.1, -0.05) is 0 Å². The molecule has 20 heavy (non-hydrogen) atoms. The monoisotopic (exact) mass is 299 g/mol. The lowest BCUT2D eigenvalue weighted by Crippen LogP contribution is -2.44. The summed E-state index contributed by atoms with van der Waals surface area (Å²) in [5.74, 6) is -0.402. The Morgan fingerprint density at radius 1 is 1.25 bits per heavy atom. The first-order valence-electron chi connectivity index (χ1n) is 6.85. The highest BCUT2D eigenvalue weighted by Gasteiger charge is 2.37. The van der Waals surface area contributed by atoms with Gasteiger partial charge in [0.25, 0.3) is 5.91 Å². The Hall–Kier alpha value is -1.44. The molecule has 0 aromatic rings. The second-order valence-corrected chi connectivity index (χ2v) is 7.82. The molecule has 1 unspecified atom stereocenters. The van der Waals surface area contributed by atoms with Crippen molar-refractivity contribution in [3.8, 4) is 0 Å². The molecule has 2 amide bonds. The number of hydrogen-bond donors (Lipinski definition) is 1. The number of nitrogens with zero attached hydrogens (tertiary/aromatic N) is 2. The topological polar surface area (TPSA) is 95.9 Å². The molecule has 0 aromatic carbocycles. The van der Waals surface area contributed by atoms with Crippen LogP contribution in [0.5, 0.6) is 0 Å². The molecule has 2 aliphatic heterocycles. The van der Waals surface area contributed by atoms with Gasteiger partial charge in [0.15, 0.2) is 9.84 Å². The third kappa shape index (κ3) is 2.84. The van der Waals surface area contributed by atoms with E-state index < -0.39 is 15.9 Å². The van der Waals surface area contributed by atoms with E-state index >= 15 is 0 Å². The molecule has 3 aliphatic rings. The van der Waals surface area contributed by atoms with E-state index in [4.69, 9.17) is 0 Å². The molecule has 8 heteroatoms. The van der Waals surface area contributed by atoms with Crippen LogP contribution >= 0.6 is 0 Å². The zero-order valence-corrected chi connectivity index (χ0v) is 11.9. The van der Waals surface area contributed by atoms with Crippen LogP contribution in [0.1, 0.15) is 32.1 Å². The summed E-state index contributed by atoms with van der Waals surface area (Å²) < 4.78 is 23.0. The summed E-state index contributed by atoms with van der Waals surface area (Å²) in [5, 5.41) is 8.17. The van der Waals surface area contributed by atoms with E-state index in [1.165, 1.54) is 5.01 Å². The highest BCUT2D eigenvalue weighted by molar-refractivity contribution is 7.91. The number of rotatable bonds is 3. The summed E-state index contributed by atoms with van der Waals surface area (Å²) >= 11 is 0. The Kier molecular flexibility index (Phi) is 3.27. The molecular weight excluding hydrogens is 282 g/mol. The third-order valence-electron chi connectivity index (χ3n) is 3.79. The van der Waals surface area contributed by atoms with E-state index in [2.05, 4.69) is 10.4 Å². The number of nitrogens with one attached hydrogen (secondary N) is 1. The fourth-order valence-electron chi connectivity index (χ4n) is 2.48. The minimum Gasteiger partial charge on any atom is -0.348 e. The van der Waals surface area contributed by atoms with Crippen LogP contribution < -0.4 is 5.32 Å². The lowest BCUT2D eigenvalue weighted by Gasteiger charge is -2.27. The van der Waals surface area contributed by atoms with Crippen LogP contribution in [0.2, 0.25) is 0 Å². The number of carbonyl (C=O) groups is 2. The first-order valence-corrected chi connectivity index (χ1v) is 8.67. The molecule has 0 radical (unpaired) electrons. The van der Waals surface area contributed by atoms with Crippen molar-refractivity contribution in [2.75, 3.05) is 11.5 Å².